The maximum Gasteiger partial charge on any atom is 0.228 e. The predicted molar refractivity (Wildman–Crippen MR) is 83.8 cm³/mol. The minimum Gasteiger partial charge on any atom is -0.504 e. The number of aromatic nitrogens is 1. The Morgan fingerprint density at radius 1 is 1.45 bits per heavy atom. The standard InChI is InChI=1S/C17H26N2O3/c1-4-18-11-7-15(20)17(14(18)3)22-12-8-16(21)19-9-5-13(2)6-10-19/h7,11,13H,4-6,8-10,12H2,1-3H3/p+1. The molecule has 1 saturated heterocycles. The van der Waals surface area contributed by atoms with Gasteiger partial charge in [-0.3, -0.25) is 4.79 Å². The number of likely N-dealkylation sites (tertiary alicyclic amines) is 1. The zero-order valence-corrected chi connectivity index (χ0v) is 13.8. The van der Waals surface area contributed by atoms with Crippen LogP contribution in [0.3, 0.4) is 0 Å². The number of aromatic hydroxyl groups is 1. The number of hydrogen-bond donors (Lipinski definition) is 1. The molecule has 0 spiro atoms. The molecule has 0 saturated carbocycles. The lowest BCUT2D eigenvalue weighted by Gasteiger charge is -2.30. The molecule has 0 bridgehead atoms. The van der Waals surface area contributed by atoms with Crippen molar-refractivity contribution in [3.05, 3.63) is 18.0 Å². The van der Waals surface area contributed by atoms with Crippen LogP contribution in [0.25, 0.3) is 0 Å². The van der Waals surface area contributed by atoms with Crippen LogP contribution in [0.15, 0.2) is 12.3 Å². The van der Waals surface area contributed by atoms with Gasteiger partial charge in [-0.15, -0.1) is 0 Å². The summed E-state index contributed by atoms with van der Waals surface area (Å²) in [5.74, 6) is 1.46. The molecule has 0 unspecified atom stereocenters. The van der Waals surface area contributed by atoms with Crippen LogP contribution in [0.2, 0.25) is 0 Å². The van der Waals surface area contributed by atoms with Gasteiger partial charge in [0.1, 0.15) is 6.54 Å². The molecule has 0 aromatic carbocycles. The second-order valence-electron chi connectivity index (χ2n) is 6.06. The zero-order chi connectivity index (χ0) is 16.1. The quantitative estimate of drug-likeness (QED) is 0.847. The molecular weight excluding hydrogens is 280 g/mol. The van der Waals surface area contributed by atoms with E-state index in [9.17, 15) is 9.90 Å². The summed E-state index contributed by atoms with van der Waals surface area (Å²) in [6, 6.07) is 1.62. The lowest BCUT2D eigenvalue weighted by Crippen LogP contribution is -2.38. The molecule has 5 nitrogen and oxygen atoms in total. The summed E-state index contributed by atoms with van der Waals surface area (Å²) in [5.41, 5.74) is 0.877. The van der Waals surface area contributed by atoms with Crippen molar-refractivity contribution in [2.24, 2.45) is 5.92 Å². The van der Waals surface area contributed by atoms with Crippen molar-refractivity contribution in [3.8, 4) is 11.5 Å². The van der Waals surface area contributed by atoms with E-state index >= 15 is 0 Å². The Kier molecular flexibility index (Phi) is 5.63. The largest absolute Gasteiger partial charge is 0.504 e. The SMILES string of the molecule is CC[n+]1ccc(O)c(OCCC(=O)N2CCC(C)CC2)c1C. The van der Waals surface area contributed by atoms with Crippen molar-refractivity contribution in [2.45, 2.75) is 46.6 Å². The summed E-state index contributed by atoms with van der Waals surface area (Å²) in [6.45, 7) is 8.99. The second kappa shape index (κ2) is 7.47. The number of hydrogen-bond acceptors (Lipinski definition) is 3. The van der Waals surface area contributed by atoms with Gasteiger partial charge in [0.15, 0.2) is 11.9 Å². The summed E-state index contributed by atoms with van der Waals surface area (Å²) in [5, 5.41) is 9.92. The highest BCUT2D eigenvalue weighted by molar-refractivity contribution is 5.76. The van der Waals surface area contributed by atoms with Crippen molar-refractivity contribution in [1.82, 2.24) is 4.90 Å². The third kappa shape index (κ3) is 3.90. The zero-order valence-electron chi connectivity index (χ0n) is 13.8. The Hall–Kier alpha value is -1.78. The highest BCUT2D eigenvalue weighted by Gasteiger charge is 2.21. The van der Waals surface area contributed by atoms with Gasteiger partial charge < -0.3 is 14.7 Å². The van der Waals surface area contributed by atoms with Gasteiger partial charge in [0, 0.05) is 26.1 Å². The molecule has 0 atom stereocenters. The smallest absolute Gasteiger partial charge is 0.228 e. The molecule has 1 N–H and O–H groups in total. The van der Waals surface area contributed by atoms with Crippen LogP contribution < -0.4 is 9.30 Å². The molecule has 2 rings (SSSR count). The molecule has 1 aliphatic rings. The third-order valence-electron chi connectivity index (χ3n) is 4.44. The van der Waals surface area contributed by atoms with E-state index in [2.05, 4.69) is 6.92 Å². The number of aryl methyl sites for hydroxylation is 1. The maximum atomic E-state index is 12.2. The first kappa shape index (κ1) is 16.6. The summed E-state index contributed by atoms with van der Waals surface area (Å²) in [4.78, 5) is 14.1. The lowest BCUT2D eigenvalue weighted by molar-refractivity contribution is -0.699. The summed E-state index contributed by atoms with van der Waals surface area (Å²) >= 11 is 0. The molecule has 5 heteroatoms. The number of amides is 1. The lowest BCUT2D eigenvalue weighted by atomic mass is 9.99. The molecule has 22 heavy (non-hydrogen) atoms. The number of carbonyl (C=O) groups excluding carboxylic acids is 1. The first-order valence-electron chi connectivity index (χ1n) is 8.15. The first-order chi connectivity index (χ1) is 10.5. The first-order valence-corrected chi connectivity index (χ1v) is 8.15. The molecule has 1 fully saturated rings. The van der Waals surface area contributed by atoms with Crippen molar-refractivity contribution >= 4 is 5.91 Å². The molecule has 1 amide bonds. The summed E-state index contributed by atoms with van der Waals surface area (Å²) in [7, 11) is 0. The normalized spacial score (nSPS) is 15.9. The maximum absolute atomic E-state index is 12.2. The molecule has 122 valence electrons. The van der Waals surface area contributed by atoms with Gasteiger partial charge in [0.05, 0.1) is 13.0 Å². The van der Waals surface area contributed by atoms with Gasteiger partial charge in [0.2, 0.25) is 17.4 Å². The van der Waals surface area contributed by atoms with Crippen molar-refractivity contribution in [1.29, 1.82) is 0 Å². The van der Waals surface area contributed by atoms with Crippen LogP contribution in [0, 0.1) is 12.8 Å². The fourth-order valence-corrected chi connectivity index (χ4v) is 2.84. The van der Waals surface area contributed by atoms with E-state index in [0.717, 1.165) is 38.2 Å². The monoisotopic (exact) mass is 307 g/mol. The van der Waals surface area contributed by atoms with Gasteiger partial charge >= 0.3 is 0 Å². The van der Waals surface area contributed by atoms with Crippen LogP contribution in [0.5, 0.6) is 11.5 Å². The Labute approximate surface area is 132 Å². The van der Waals surface area contributed by atoms with Crippen molar-refractivity contribution in [3.63, 3.8) is 0 Å². The van der Waals surface area contributed by atoms with E-state index < -0.39 is 0 Å². The molecule has 1 aromatic heterocycles. The number of carbonyl (C=O) groups is 1. The van der Waals surface area contributed by atoms with Gasteiger partial charge in [-0.2, -0.15) is 4.57 Å². The van der Waals surface area contributed by atoms with Crippen LogP contribution in [-0.2, 0) is 11.3 Å². The second-order valence-corrected chi connectivity index (χ2v) is 6.06. The van der Waals surface area contributed by atoms with E-state index in [1.807, 2.05) is 29.5 Å². The van der Waals surface area contributed by atoms with E-state index in [1.54, 1.807) is 6.07 Å². The minimum absolute atomic E-state index is 0.126. The Bertz CT molecular complexity index is 523. The van der Waals surface area contributed by atoms with Crippen LogP contribution in [0.1, 0.15) is 38.8 Å². The average molecular weight is 307 g/mol. The Balaban J connectivity index is 1.87. The topological polar surface area (TPSA) is 53.7 Å². The van der Waals surface area contributed by atoms with Crippen molar-refractivity contribution < 1.29 is 19.2 Å². The van der Waals surface area contributed by atoms with Crippen LogP contribution >= 0.6 is 0 Å². The van der Waals surface area contributed by atoms with Gasteiger partial charge in [-0.25, -0.2) is 0 Å². The number of nitrogens with zero attached hydrogens (tertiary/aromatic N) is 2. The average Bonchev–Trinajstić information content (AvgIpc) is 2.51. The molecule has 2 heterocycles. The third-order valence-corrected chi connectivity index (χ3v) is 4.44. The summed E-state index contributed by atoms with van der Waals surface area (Å²) < 4.78 is 7.68. The predicted octanol–water partition coefficient (Wildman–Crippen LogP) is 2.04. The van der Waals surface area contributed by atoms with Crippen LogP contribution in [0.4, 0.5) is 0 Å². The summed E-state index contributed by atoms with van der Waals surface area (Å²) in [6.07, 6.45) is 4.36. The highest BCUT2D eigenvalue weighted by atomic mass is 16.5. The number of piperidine rings is 1. The highest BCUT2D eigenvalue weighted by Crippen LogP contribution is 2.27. The Morgan fingerprint density at radius 3 is 2.77 bits per heavy atom. The van der Waals surface area contributed by atoms with E-state index in [1.165, 1.54) is 0 Å². The molecule has 1 aliphatic heterocycles. The molecule has 0 aliphatic carbocycles. The number of ether oxygens (including phenoxy) is 1. The van der Waals surface area contributed by atoms with Crippen LogP contribution in [-0.4, -0.2) is 35.6 Å². The van der Waals surface area contributed by atoms with Gasteiger partial charge in [-0.05, 0) is 25.7 Å². The molecule has 1 aromatic rings. The van der Waals surface area contributed by atoms with E-state index in [4.69, 9.17) is 4.74 Å². The molecule has 0 radical (unpaired) electrons. The number of rotatable bonds is 5. The van der Waals surface area contributed by atoms with Gasteiger partial charge in [0.25, 0.3) is 0 Å². The Morgan fingerprint density at radius 2 is 2.14 bits per heavy atom. The minimum atomic E-state index is 0.126. The van der Waals surface area contributed by atoms with E-state index in [-0.39, 0.29) is 11.7 Å². The molecular formula is C17H27N2O3+. The van der Waals surface area contributed by atoms with Crippen molar-refractivity contribution in [2.75, 3.05) is 19.7 Å². The van der Waals surface area contributed by atoms with Gasteiger partial charge in [-0.1, -0.05) is 6.92 Å². The number of pyridine rings is 1. The fraction of sp³-hybridized carbons (Fsp3) is 0.647. The fourth-order valence-electron chi connectivity index (χ4n) is 2.84. The van der Waals surface area contributed by atoms with E-state index in [0.29, 0.717) is 24.7 Å².